The number of aryl methyl sites for hydroxylation is 1. The largest absolute Gasteiger partial charge is 0.387 e. The smallest absolute Gasteiger partial charge is 0.204 e. The summed E-state index contributed by atoms with van der Waals surface area (Å²) >= 11 is 0. The number of aromatic nitrogens is 4. The summed E-state index contributed by atoms with van der Waals surface area (Å²) in [6, 6.07) is 26.3. The molecule has 1 N–H and O–H groups in total. The number of para-hydroxylation sites is 2. The molecular weight excluding hydrogens is 400 g/mol. The first-order valence-electron chi connectivity index (χ1n) is 10.5. The van der Waals surface area contributed by atoms with Crippen molar-refractivity contribution in [3.63, 3.8) is 0 Å². The summed E-state index contributed by atoms with van der Waals surface area (Å²) in [6.45, 7) is 1.94. The quantitative estimate of drug-likeness (QED) is 0.433. The number of anilines is 2. The Bertz CT molecular complexity index is 1460. The van der Waals surface area contributed by atoms with E-state index in [0.717, 1.165) is 45.8 Å². The van der Waals surface area contributed by atoms with Crippen molar-refractivity contribution < 1.29 is 4.84 Å². The molecule has 1 unspecified atom stereocenters. The molecule has 0 amide bonds. The first-order valence-corrected chi connectivity index (χ1v) is 10.5. The number of rotatable bonds is 4. The molecule has 156 valence electrons. The topological polar surface area (TPSA) is 76.7 Å². The van der Waals surface area contributed by atoms with Gasteiger partial charge < -0.3 is 10.2 Å². The number of hydrogen-bond donors (Lipinski definition) is 1. The summed E-state index contributed by atoms with van der Waals surface area (Å²) in [5, 5.41) is 16.3. The van der Waals surface area contributed by atoms with Gasteiger partial charge in [0.25, 0.3) is 0 Å². The van der Waals surface area contributed by atoms with E-state index >= 15 is 0 Å². The van der Waals surface area contributed by atoms with Gasteiger partial charge in [-0.15, -0.1) is 10.2 Å². The Labute approximate surface area is 184 Å². The van der Waals surface area contributed by atoms with Crippen molar-refractivity contribution >= 4 is 33.9 Å². The molecule has 5 aromatic rings. The van der Waals surface area contributed by atoms with Crippen LogP contribution in [0.4, 0.5) is 11.5 Å². The van der Waals surface area contributed by atoms with Gasteiger partial charge in [-0.1, -0.05) is 59.8 Å². The second kappa shape index (κ2) is 7.46. The van der Waals surface area contributed by atoms with E-state index in [-0.39, 0.29) is 6.10 Å². The Hall–Kier alpha value is -4.26. The van der Waals surface area contributed by atoms with Crippen LogP contribution in [0.25, 0.3) is 16.7 Å². The van der Waals surface area contributed by atoms with Crippen LogP contribution in [-0.2, 0) is 4.84 Å². The van der Waals surface area contributed by atoms with Crippen LogP contribution in [0.1, 0.15) is 29.5 Å². The molecule has 0 fully saturated rings. The highest BCUT2D eigenvalue weighted by Gasteiger charge is 2.23. The lowest BCUT2D eigenvalue weighted by atomic mass is 10.0. The van der Waals surface area contributed by atoms with E-state index in [1.165, 1.54) is 0 Å². The number of hydrogen-bond acceptors (Lipinski definition) is 6. The molecule has 7 nitrogen and oxygen atoms in total. The Morgan fingerprint density at radius 1 is 0.906 bits per heavy atom. The maximum atomic E-state index is 5.67. The van der Waals surface area contributed by atoms with E-state index in [9.17, 15) is 0 Å². The van der Waals surface area contributed by atoms with Crippen LogP contribution in [0.3, 0.4) is 0 Å². The highest BCUT2D eigenvalue weighted by Crippen LogP contribution is 2.30. The van der Waals surface area contributed by atoms with E-state index < -0.39 is 0 Å². The molecule has 1 aliphatic heterocycles. The maximum Gasteiger partial charge on any atom is 0.204 e. The van der Waals surface area contributed by atoms with Crippen LogP contribution in [-0.4, -0.2) is 25.3 Å². The van der Waals surface area contributed by atoms with Crippen LogP contribution in [0.15, 0.2) is 84.0 Å². The molecule has 2 aromatic heterocycles. The minimum atomic E-state index is -0.0322. The van der Waals surface area contributed by atoms with E-state index in [1.54, 1.807) is 0 Å². The van der Waals surface area contributed by atoms with Gasteiger partial charge in [0.1, 0.15) is 5.82 Å². The molecule has 0 saturated heterocycles. The number of oxime groups is 1. The van der Waals surface area contributed by atoms with E-state index in [1.807, 2.05) is 78.1 Å². The summed E-state index contributed by atoms with van der Waals surface area (Å²) in [4.78, 5) is 10.4. The van der Waals surface area contributed by atoms with Gasteiger partial charge in [0.05, 0.1) is 16.7 Å². The second-order valence-electron chi connectivity index (χ2n) is 7.80. The minimum Gasteiger partial charge on any atom is -0.387 e. The molecule has 0 spiro atoms. The van der Waals surface area contributed by atoms with Gasteiger partial charge in [-0.25, -0.2) is 4.98 Å². The molecule has 3 heterocycles. The zero-order valence-electron chi connectivity index (χ0n) is 17.4. The predicted octanol–water partition coefficient (Wildman–Crippen LogP) is 5.20. The standard InChI is InChI=1S/C25H20N6O/c1-16-28-29-25-24(27-20-9-5-6-10-22(20)31(16)25)26-19-13-11-17(12-14-19)21-15-23(32-30-21)18-7-3-2-4-8-18/h2-14,23H,15H2,1H3,(H,26,27). The Morgan fingerprint density at radius 3 is 2.53 bits per heavy atom. The SMILES string of the molecule is Cc1nnc2c(Nc3ccc(C4=NOC(c5ccccc5)C4)cc3)nc3ccccc3n12. The van der Waals surface area contributed by atoms with Crippen molar-refractivity contribution in [2.45, 2.75) is 19.4 Å². The van der Waals surface area contributed by atoms with Gasteiger partial charge in [0.15, 0.2) is 11.9 Å². The lowest BCUT2D eigenvalue weighted by Gasteiger charge is -2.10. The molecule has 6 rings (SSSR count). The fourth-order valence-electron chi connectivity index (χ4n) is 4.08. The molecule has 0 aliphatic carbocycles. The summed E-state index contributed by atoms with van der Waals surface area (Å²) in [6.07, 6.45) is 0.720. The first-order chi connectivity index (χ1) is 15.8. The van der Waals surface area contributed by atoms with Gasteiger partial charge in [0, 0.05) is 12.1 Å². The van der Waals surface area contributed by atoms with Crippen molar-refractivity contribution in [1.29, 1.82) is 0 Å². The molecule has 0 bridgehead atoms. The van der Waals surface area contributed by atoms with Crippen LogP contribution < -0.4 is 5.32 Å². The van der Waals surface area contributed by atoms with Crippen molar-refractivity contribution in [3.8, 4) is 0 Å². The zero-order chi connectivity index (χ0) is 21.5. The number of nitrogens with zero attached hydrogens (tertiary/aromatic N) is 5. The molecule has 3 aromatic carbocycles. The van der Waals surface area contributed by atoms with Gasteiger partial charge in [-0.3, -0.25) is 4.40 Å². The van der Waals surface area contributed by atoms with Crippen molar-refractivity contribution in [1.82, 2.24) is 19.6 Å². The summed E-state index contributed by atoms with van der Waals surface area (Å²) in [5.74, 6) is 1.49. The number of fused-ring (bicyclic) bond motifs is 3. The van der Waals surface area contributed by atoms with Crippen LogP contribution in [0.5, 0.6) is 0 Å². The molecule has 1 aliphatic rings. The number of nitrogens with one attached hydrogen (secondary N) is 1. The maximum absolute atomic E-state index is 5.67. The number of benzene rings is 3. The van der Waals surface area contributed by atoms with Gasteiger partial charge >= 0.3 is 0 Å². The van der Waals surface area contributed by atoms with Crippen molar-refractivity contribution in [2.75, 3.05) is 5.32 Å². The molecular formula is C25H20N6O. The third kappa shape index (κ3) is 3.15. The van der Waals surface area contributed by atoms with Crippen molar-refractivity contribution in [2.24, 2.45) is 5.16 Å². The Kier molecular flexibility index (Phi) is 4.31. The van der Waals surface area contributed by atoms with E-state index in [4.69, 9.17) is 9.82 Å². The zero-order valence-corrected chi connectivity index (χ0v) is 17.4. The molecule has 1 atom stereocenters. The third-order valence-corrected chi connectivity index (χ3v) is 5.71. The molecule has 0 saturated carbocycles. The fraction of sp³-hybridized carbons (Fsp3) is 0.120. The molecule has 32 heavy (non-hydrogen) atoms. The van der Waals surface area contributed by atoms with Crippen LogP contribution >= 0.6 is 0 Å². The minimum absolute atomic E-state index is 0.0322. The third-order valence-electron chi connectivity index (χ3n) is 5.71. The van der Waals surface area contributed by atoms with Crippen LogP contribution in [0.2, 0.25) is 0 Å². The predicted molar refractivity (Wildman–Crippen MR) is 124 cm³/mol. The van der Waals surface area contributed by atoms with Gasteiger partial charge in [-0.05, 0) is 42.3 Å². The Morgan fingerprint density at radius 2 is 1.69 bits per heavy atom. The lowest BCUT2D eigenvalue weighted by molar-refractivity contribution is 0.0857. The van der Waals surface area contributed by atoms with Gasteiger partial charge in [0.2, 0.25) is 5.65 Å². The van der Waals surface area contributed by atoms with Gasteiger partial charge in [-0.2, -0.15) is 0 Å². The molecule has 7 heteroatoms. The first kappa shape index (κ1) is 18.5. The monoisotopic (exact) mass is 420 g/mol. The van der Waals surface area contributed by atoms with Crippen LogP contribution in [0, 0.1) is 6.92 Å². The van der Waals surface area contributed by atoms with E-state index in [2.05, 4.69) is 32.8 Å². The average molecular weight is 420 g/mol. The highest BCUT2D eigenvalue weighted by atomic mass is 16.6. The average Bonchev–Trinajstić information content (AvgIpc) is 3.48. The lowest BCUT2D eigenvalue weighted by Crippen LogP contribution is -2.03. The fourth-order valence-corrected chi connectivity index (χ4v) is 4.08. The van der Waals surface area contributed by atoms with E-state index in [0.29, 0.717) is 11.5 Å². The Balaban J connectivity index is 1.26. The summed E-state index contributed by atoms with van der Waals surface area (Å²) in [5.41, 5.74) is 6.61. The highest BCUT2D eigenvalue weighted by molar-refractivity contribution is 6.01. The summed E-state index contributed by atoms with van der Waals surface area (Å²) < 4.78 is 2.02. The summed E-state index contributed by atoms with van der Waals surface area (Å²) in [7, 11) is 0. The molecule has 0 radical (unpaired) electrons. The second-order valence-corrected chi connectivity index (χ2v) is 7.80. The van der Waals surface area contributed by atoms with Crippen molar-refractivity contribution in [3.05, 3.63) is 95.8 Å². The normalized spacial score (nSPS) is 15.7.